The van der Waals surface area contributed by atoms with Crippen molar-refractivity contribution in [3.63, 3.8) is 0 Å². The molecule has 26 heavy (non-hydrogen) atoms. The minimum Gasteiger partial charge on any atom is -0.384 e. The van der Waals surface area contributed by atoms with Crippen LogP contribution in [0.25, 0.3) is 0 Å². The Bertz CT molecular complexity index is 916. The van der Waals surface area contributed by atoms with Gasteiger partial charge in [-0.25, -0.2) is 14.3 Å². The predicted molar refractivity (Wildman–Crippen MR) is 98.7 cm³/mol. The third-order valence-electron chi connectivity index (χ3n) is 4.19. The number of nitrogens with two attached hydrogens (primary N) is 1. The Hall–Kier alpha value is -2.90. The topological polar surface area (TPSA) is 119 Å². The van der Waals surface area contributed by atoms with Crippen LogP contribution in [0.15, 0.2) is 36.5 Å². The average molecular weight is 373 g/mol. The van der Waals surface area contributed by atoms with Gasteiger partial charge in [-0.3, -0.25) is 0 Å². The van der Waals surface area contributed by atoms with E-state index in [-0.39, 0.29) is 11.6 Å². The Kier molecular flexibility index (Phi) is 4.92. The van der Waals surface area contributed by atoms with Crippen molar-refractivity contribution < 1.29 is 8.42 Å². The van der Waals surface area contributed by atoms with Crippen LogP contribution in [-0.4, -0.2) is 55.9 Å². The first-order valence-electron chi connectivity index (χ1n) is 7.99. The van der Waals surface area contributed by atoms with Crippen LogP contribution in [0.4, 0.5) is 17.5 Å². The van der Waals surface area contributed by atoms with Crippen molar-refractivity contribution in [2.24, 2.45) is 0 Å². The van der Waals surface area contributed by atoms with Crippen LogP contribution >= 0.6 is 0 Å². The lowest BCUT2D eigenvalue weighted by atomic mass is 10.3. The number of piperazine rings is 1. The monoisotopic (exact) mass is 373 g/mol. The lowest BCUT2D eigenvalue weighted by molar-refractivity contribution is 0.383. The van der Waals surface area contributed by atoms with Crippen LogP contribution < -0.4 is 14.9 Å². The summed E-state index contributed by atoms with van der Waals surface area (Å²) in [5, 5.41) is 8.83. The van der Waals surface area contributed by atoms with Crippen molar-refractivity contribution in [2.45, 2.75) is 0 Å². The van der Waals surface area contributed by atoms with Crippen LogP contribution in [0.5, 0.6) is 0 Å². The van der Waals surface area contributed by atoms with E-state index in [2.05, 4.69) is 9.97 Å². The molecular formula is C16H19N7O2S. The summed E-state index contributed by atoms with van der Waals surface area (Å²) in [6.45, 7) is 1.68. The number of hydrogen-bond donors (Lipinski definition) is 1. The molecule has 1 aliphatic rings. The van der Waals surface area contributed by atoms with Crippen molar-refractivity contribution in [1.29, 1.82) is 5.26 Å². The first kappa shape index (κ1) is 17.9. The molecule has 0 aliphatic carbocycles. The van der Waals surface area contributed by atoms with Gasteiger partial charge in [-0.2, -0.15) is 18.0 Å². The van der Waals surface area contributed by atoms with E-state index in [4.69, 9.17) is 11.0 Å². The van der Waals surface area contributed by atoms with Gasteiger partial charge in [0, 0.05) is 39.4 Å². The third-order valence-corrected chi connectivity index (χ3v) is 6.09. The van der Waals surface area contributed by atoms with Crippen LogP contribution in [0, 0.1) is 11.3 Å². The third kappa shape index (κ3) is 3.54. The number of pyridine rings is 2. The molecule has 0 atom stereocenters. The van der Waals surface area contributed by atoms with Crippen LogP contribution in [0.1, 0.15) is 5.56 Å². The maximum atomic E-state index is 12.8. The van der Waals surface area contributed by atoms with Crippen LogP contribution in [-0.2, 0) is 10.2 Å². The molecule has 3 rings (SSSR count). The fourth-order valence-electron chi connectivity index (χ4n) is 2.69. The highest BCUT2D eigenvalue weighted by atomic mass is 32.2. The molecule has 0 saturated carbocycles. The average Bonchev–Trinajstić information content (AvgIpc) is 2.67. The van der Waals surface area contributed by atoms with Gasteiger partial charge in [-0.15, -0.1) is 0 Å². The van der Waals surface area contributed by atoms with Gasteiger partial charge in [-0.05, 0) is 24.3 Å². The molecule has 9 nitrogen and oxygen atoms in total. The summed E-state index contributed by atoms with van der Waals surface area (Å²) in [6.07, 6.45) is 1.51. The molecule has 2 N–H and O–H groups in total. The van der Waals surface area contributed by atoms with E-state index in [0.717, 1.165) is 10.1 Å². The summed E-state index contributed by atoms with van der Waals surface area (Å²) in [6, 6.07) is 10.4. The fourth-order valence-corrected chi connectivity index (χ4v) is 4.00. The van der Waals surface area contributed by atoms with Gasteiger partial charge >= 0.3 is 10.2 Å². The number of anilines is 3. The maximum absolute atomic E-state index is 12.8. The first-order valence-corrected chi connectivity index (χ1v) is 9.39. The molecule has 136 valence electrons. The van der Waals surface area contributed by atoms with Gasteiger partial charge in [-0.1, -0.05) is 6.07 Å². The highest BCUT2D eigenvalue weighted by Crippen LogP contribution is 2.20. The van der Waals surface area contributed by atoms with Crippen molar-refractivity contribution in [2.75, 3.05) is 48.2 Å². The Balaban J connectivity index is 1.69. The molecule has 10 heteroatoms. The molecule has 0 radical (unpaired) electrons. The largest absolute Gasteiger partial charge is 0.384 e. The Morgan fingerprint density at radius 3 is 2.50 bits per heavy atom. The number of nitriles is 1. The molecule has 2 aromatic rings. The molecule has 0 unspecified atom stereocenters. The standard InChI is InChI=1S/C16H19N7O2S/c1-21(16-4-2-3-14(18)20-16)26(24,25)23-9-7-22(8-10-23)15-6-5-13(11-17)12-19-15/h2-6,12H,7-10H2,1H3,(H2,18,20). The number of hydrogen-bond acceptors (Lipinski definition) is 7. The predicted octanol–water partition coefficient (Wildman–Crippen LogP) is 0.434. The SMILES string of the molecule is CN(c1cccc(N)n1)S(=O)(=O)N1CCN(c2ccc(C#N)cn2)CC1. The van der Waals surface area contributed by atoms with E-state index in [9.17, 15) is 8.42 Å². The molecule has 0 bridgehead atoms. The molecule has 3 heterocycles. The van der Waals surface area contributed by atoms with E-state index in [1.165, 1.54) is 17.5 Å². The summed E-state index contributed by atoms with van der Waals surface area (Å²) >= 11 is 0. The smallest absolute Gasteiger partial charge is 0.305 e. The quantitative estimate of drug-likeness (QED) is 0.825. The first-order chi connectivity index (χ1) is 12.4. The summed E-state index contributed by atoms with van der Waals surface area (Å²) in [5.74, 6) is 1.27. The maximum Gasteiger partial charge on any atom is 0.305 e. The summed E-state index contributed by atoms with van der Waals surface area (Å²) in [7, 11) is -2.23. The zero-order valence-electron chi connectivity index (χ0n) is 14.3. The molecule has 0 spiro atoms. The van der Waals surface area contributed by atoms with E-state index in [0.29, 0.717) is 31.7 Å². The normalized spacial score (nSPS) is 15.5. The van der Waals surface area contributed by atoms with E-state index in [1.54, 1.807) is 30.3 Å². The van der Waals surface area contributed by atoms with Crippen LogP contribution in [0.2, 0.25) is 0 Å². The lowest BCUT2D eigenvalue weighted by Crippen LogP contribution is -2.52. The van der Waals surface area contributed by atoms with E-state index >= 15 is 0 Å². The van der Waals surface area contributed by atoms with E-state index < -0.39 is 10.2 Å². The summed E-state index contributed by atoms with van der Waals surface area (Å²) in [4.78, 5) is 10.3. The van der Waals surface area contributed by atoms with Gasteiger partial charge in [0.2, 0.25) is 0 Å². The minimum absolute atomic E-state index is 0.265. The second-order valence-electron chi connectivity index (χ2n) is 5.80. The molecule has 0 aromatic carbocycles. The fraction of sp³-hybridized carbons (Fsp3) is 0.312. The number of nitrogen functional groups attached to an aromatic ring is 1. The highest BCUT2D eigenvalue weighted by Gasteiger charge is 2.31. The van der Waals surface area contributed by atoms with Crippen LogP contribution in [0.3, 0.4) is 0 Å². The van der Waals surface area contributed by atoms with Gasteiger partial charge in [0.15, 0.2) is 0 Å². The number of rotatable bonds is 4. The van der Waals surface area contributed by atoms with Crippen molar-refractivity contribution in [3.8, 4) is 6.07 Å². The van der Waals surface area contributed by atoms with Crippen molar-refractivity contribution in [3.05, 3.63) is 42.1 Å². The highest BCUT2D eigenvalue weighted by molar-refractivity contribution is 7.90. The minimum atomic E-state index is -3.69. The number of nitrogens with zero attached hydrogens (tertiary/aromatic N) is 6. The van der Waals surface area contributed by atoms with Gasteiger partial charge < -0.3 is 10.6 Å². The molecule has 2 aromatic heterocycles. The second-order valence-corrected chi connectivity index (χ2v) is 7.76. The van der Waals surface area contributed by atoms with Gasteiger partial charge in [0.05, 0.1) is 5.56 Å². The zero-order valence-corrected chi connectivity index (χ0v) is 15.1. The number of aromatic nitrogens is 2. The molecular weight excluding hydrogens is 354 g/mol. The van der Waals surface area contributed by atoms with Crippen molar-refractivity contribution in [1.82, 2.24) is 14.3 Å². The van der Waals surface area contributed by atoms with Gasteiger partial charge in [0.1, 0.15) is 23.5 Å². The molecule has 0 amide bonds. The summed E-state index contributed by atoms with van der Waals surface area (Å²) in [5.41, 5.74) is 6.13. The van der Waals surface area contributed by atoms with E-state index in [1.807, 2.05) is 11.0 Å². The molecule has 1 aliphatic heterocycles. The Labute approximate surface area is 152 Å². The van der Waals surface area contributed by atoms with Gasteiger partial charge in [0.25, 0.3) is 0 Å². The zero-order chi connectivity index (χ0) is 18.7. The summed E-state index contributed by atoms with van der Waals surface area (Å²) < 4.78 is 28.2. The molecule has 1 saturated heterocycles. The second kappa shape index (κ2) is 7.15. The van der Waals surface area contributed by atoms with Crippen molar-refractivity contribution >= 4 is 27.7 Å². The Morgan fingerprint density at radius 2 is 1.92 bits per heavy atom. The lowest BCUT2D eigenvalue weighted by Gasteiger charge is -2.36. The Morgan fingerprint density at radius 1 is 1.19 bits per heavy atom. The molecule has 1 fully saturated rings.